The number of likely N-dealkylation sites (tertiary alicyclic amines) is 1. The summed E-state index contributed by atoms with van der Waals surface area (Å²) in [5.41, 5.74) is -0.807. The number of halogens is 1. The van der Waals surface area contributed by atoms with Crippen molar-refractivity contribution >= 4 is 24.4 Å². The maximum absolute atomic E-state index is 13.5. The van der Waals surface area contributed by atoms with E-state index in [1.807, 2.05) is 0 Å². The first-order chi connectivity index (χ1) is 8.99. The number of amides is 2. The summed E-state index contributed by atoms with van der Waals surface area (Å²) in [5.74, 6) is -2.73. The monoisotopic (exact) mass is 265 g/mol. The molecule has 0 aromatic rings. The number of nitrogens with zero attached hydrogens (tertiary/aromatic N) is 1. The minimum Gasteiger partial charge on any atom is -0.303 e. The van der Waals surface area contributed by atoms with E-state index in [4.69, 9.17) is 0 Å². The fourth-order valence-electron chi connectivity index (χ4n) is 1.74. The summed E-state index contributed by atoms with van der Waals surface area (Å²) in [6, 6.07) is -1.10. The molecule has 0 aromatic heterocycles. The Hall–Kier alpha value is -2.37. The standard InChI is InChI=1S/C13H12FNO4/c1-3-10(14)11-8(2)12(18)15(13(11)19)9(7-17)5-4-6-16/h3,6-7,9H,1-2,4-5H2/b11-10-. The maximum atomic E-state index is 13.5. The van der Waals surface area contributed by atoms with Crippen molar-refractivity contribution in [2.45, 2.75) is 18.9 Å². The van der Waals surface area contributed by atoms with Gasteiger partial charge < -0.3 is 9.59 Å². The third kappa shape index (κ3) is 2.57. The van der Waals surface area contributed by atoms with E-state index in [2.05, 4.69) is 13.2 Å². The summed E-state index contributed by atoms with van der Waals surface area (Å²) < 4.78 is 13.5. The topological polar surface area (TPSA) is 71.5 Å². The highest BCUT2D eigenvalue weighted by molar-refractivity contribution is 6.25. The molecule has 0 radical (unpaired) electrons. The summed E-state index contributed by atoms with van der Waals surface area (Å²) in [6.45, 7) is 6.51. The molecule has 1 unspecified atom stereocenters. The van der Waals surface area contributed by atoms with Crippen molar-refractivity contribution in [2.24, 2.45) is 0 Å². The molecular formula is C13H12FNO4. The molecule has 0 aromatic carbocycles. The average Bonchev–Trinajstić information content (AvgIpc) is 2.62. The van der Waals surface area contributed by atoms with Gasteiger partial charge in [0, 0.05) is 12.0 Å². The number of rotatable bonds is 6. The molecule has 1 atom stereocenters. The van der Waals surface area contributed by atoms with Crippen LogP contribution in [-0.4, -0.2) is 35.3 Å². The lowest BCUT2D eigenvalue weighted by molar-refractivity contribution is -0.142. The van der Waals surface area contributed by atoms with E-state index in [1.165, 1.54) is 0 Å². The Morgan fingerprint density at radius 1 is 1.32 bits per heavy atom. The average molecular weight is 265 g/mol. The van der Waals surface area contributed by atoms with Crippen LogP contribution in [0.3, 0.4) is 0 Å². The fraction of sp³-hybridized carbons (Fsp3) is 0.231. The van der Waals surface area contributed by atoms with Gasteiger partial charge in [-0.05, 0) is 12.5 Å². The Bertz CT molecular complexity index is 507. The minimum atomic E-state index is -1.10. The predicted octanol–water partition coefficient (Wildman–Crippen LogP) is 0.868. The minimum absolute atomic E-state index is 0.000742. The summed E-state index contributed by atoms with van der Waals surface area (Å²) in [5, 5.41) is 0. The van der Waals surface area contributed by atoms with E-state index >= 15 is 0 Å². The van der Waals surface area contributed by atoms with Gasteiger partial charge in [0.2, 0.25) is 0 Å². The molecular weight excluding hydrogens is 253 g/mol. The van der Waals surface area contributed by atoms with Gasteiger partial charge in [0.1, 0.15) is 18.4 Å². The van der Waals surface area contributed by atoms with Gasteiger partial charge in [-0.25, -0.2) is 4.39 Å². The van der Waals surface area contributed by atoms with Gasteiger partial charge in [-0.2, -0.15) is 0 Å². The van der Waals surface area contributed by atoms with Crippen molar-refractivity contribution < 1.29 is 23.6 Å². The van der Waals surface area contributed by atoms with Crippen LogP contribution in [0.2, 0.25) is 0 Å². The van der Waals surface area contributed by atoms with E-state index in [0.717, 1.165) is 6.08 Å². The lowest BCUT2D eigenvalue weighted by Crippen LogP contribution is -2.40. The predicted molar refractivity (Wildman–Crippen MR) is 64.5 cm³/mol. The van der Waals surface area contributed by atoms with Gasteiger partial charge in [0.25, 0.3) is 11.8 Å². The quantitative estimate of drug-likeness (QED) is 0.406. The molecule has 1 fully saturated rings. The van der Waals surface area contributed by atoms with Crippen LogP contribution in [0.5, 0.6) is 0 Å². The van der Waals surface area contributed by atoms with Crippen molar-refractivity contribution in [1.82, 2.24) is 4.90 Å². The third-order valence-corrected chi connectivity index (χ3v) is 2.70. The Morgan fingerprint density at radius 2 is 1.95 bits per heavy atom. The van der Waals surface area contributed by atoms with Crippen LogP contribution in [0.4, 0.5) is 4.39 Å². The Kier molecular flexibility index (Phi) is 4.63. The molecule has 5 nitrogen and oxygen atoms in total. The van der Waals surface area contributed by atoms with Gasteiger partial charge >= 0.3 is 0 Å². The zero-order chi connectivity index (χ0) is 14.6. The van der Waals surface area contributed by atoms with Crippen LogP contribution in [-0.2, 0) is 19.2 Å². The molecule has 0 aliphatic carbocycles. The van der Waals surface area contributed by atoms with Crippen molar-refractivity contribution in [3.05, 3.63) is 36.2 Å². The number of hydrogen-bond acceptors (Lipinski definition) is 4. The molecule has 0 saturated carbocycles. The van der Waals surface area contributed by atoms with Gasteiger partial charge in [-0.1, -0.05) is 13.2 Å². The first kappa shape index (κ1) is 14.7. The molecule has 1 rings (SSSR count). The second-order valence-corrected chi connectivity index (χ2v) is 3.83. The summed E-state index contributed by atoms with van der Waals surface area (Å²) in [7, 11) is 0. The molecule has 2 amide bonds. The van der Waals surface area contributed by atoms with Gasteiger partial charge in [0.15, 0.2) is 0 Å². The highest BCUT2D eigenvalue weighted by Gasteiger charge is 2.43. The number of carbonyl (C=O) groups excluding carboxylic acids is 4. The normalized spacial score (nSPS) is 19.4. The second-order valence-electron chi connectivity index (χ2n) is 3.83. The number of carbonyl (C=O) groups is 4. The zero-order valence-corrected chi connectivity index (χ0v) is 10.1. The summed E-state index contributed by atoms with van der Waals surface area (Å²) in [6.07, 6.45) is 1.74. The van der Waals surface area contributed by atoms with Crippen LogP contribution in [0.15, 0.2) is 36.2 Å². The van der Waals surface area contributed by atoms with Crippen molar-refractivity contribution in [3.63, 3.8) is 0 Å². The molecule has 19 heavy (non-hydrogen) atoms. The van der Waals surface area contributed by atoms with Crippen LogP contribution in [0.25, 0.3) is 0 Å². The van der Waals surface area contributed by atoms with E-state index in [0.29, 0.717) is 17.5 Å². The highest BCUT2D eigenvalue weighted by atomic mass is 19.1. The molecule has 1 heterocycles. The van der Waals surface area contributed by atoms with E-state index in [9.17, 15) is 23.6 Å². The second kappa shape index (κ2) is 5.99. The van der Waals surface area contributed by atoms with E-state index in [-0.39, 0.29) is 18.4 Å². The molecule has 0 N–H and O–H groups in total. The zero-order valence-electron chi connectivity index (χ0n) is 10.1. The molecule has 0 spiro atoms. The lowest BCUT2D eigenvalue weighted by atomic mass is 10.1. The smallest absolute Gasteiger partial charge is 0.265 e. The van der Waals surface area contributed by atoms with E-state index < -0.39 is 29.3 Å². The summed E-state index contributed by atoms with van der Waals surface area (Å²) >= 11 is 0. The Morgan fingerprint density at radius 3 is 2.42 bits per heavy atom. The van der Waals surface area contributed by atoms with Gasteiger partial charge in [-0.15, -0.1) is 0 Å². The number of hydrogen-bond donors (Lipinski definition) is 0. The lowest BCUT2D eigenvalue weighted by Gasteiger charge is -2.19. The van der Waals surface area contributed by atoms with E-state index in [1.54, 1.807) is 0 Å². The third-order valence-electron chi connectivity index (χ3n) is 2.70. The van der Waals surface area contributed by atoms with Crippen LogP contribution < -0.4 is 0 Å². The Labute approximate surface area is 109 Å². The summed E-state index contributed by atoms with van der Waals surface area (Å²) in [4.78, 5) is 45.6. The van der Waals surface area contributed by atoms with Crippen molar-refractivity contribution in [3.8, 4) is 0 Å². The first-order valence-electron chi connectivity index (χ1n) is 5.47. The van der Waals surface area contributed by atoms with Crippen molar-refractivity contribution in [1.29, 1.82) is 0 Å². The molecule has 1 saturated heterocycles. The fourth-order valence-corrected chi connectivity index (χ4v) is 1.74. The van der Waals surface area contributed by atoms with Gasteiger partial charge in [0.05, 0.1) is 11.6 Å². The largest absolute Gasteiger partial charge is 0.303 e. The molecule has 100 valence electrons. The maximum Gasteiger partial charge on any atom is 0.265 e. The number of aldehydes is 2. The highest BCUT2D eigenvalue weighted by Crippen LogP contribution is 2.29. The molecule has 1 aliphatic heterocycles. The first-order valence-corrected chi connectivity index (χ1v) is 5.47. The number of imide groups is 1. The molecule has 6 heteroatoms. The number of allylic oxidation sites excluding steroid dienone is 2. The van der Waals surface area contributed by atoms with Gasteiger partial charge in [-0.3, -0.25) is 14.5 Å². The van der Waals surface area contributed by atoms with Crippen LogP contribution >= 0.6 is 0 Å². The van der Waals surface area contributed by atoms with Crippen LogP contribution in [0.1, 0.15) is 12.8 Å². The Balaban J connectivity index is 3.17. The van der Waals surface area contributed by atoms with Crippen molar-refractivity contribution in [2.75, 3.05) is 0 Å². The van der Waals surface area contributed by atoms with Crippen LogP contribution in [0, 0.1) is 0 Å². The molecule has 0 bridgehead atoms. The molecule has 1 aliphatic rings. The SMILES string of the molecule is C=C/C(F)=C1\C(=C)C(=O)N(C(C=O)CCC=O)C1=O.